The monoisotopic (exact) mass is 242 g/mol. The van der Waals surface area contributed by atoms with E-state index in [1.54, 1.807) is 11.3 Å². The van der Waals surface area contributed by atoms with Crippen molar-refractivity contribution in [2.75, 3.05) is 13.2 Å². The van der Waals surface area contributed by atoms with Crippen molar-refractivity contribution in [3.05, 3.63) is 16.1 Å². The third-order valence-electron chi connectivity index (χ3n) is 2.58. The maximum atomic E-state index is 9.10. The number of rotatable bonds is 7. The van der Waals surface area contributed by atoms with Crippen LogP contribution >= 0.6 is 11.3 Å². The Bertz CT molecular complexity index is 310. The second-order valence-electron chi connectivity index (χ2n) is 4.99. The van der Waals surface area contributed by atoms with Crippen LogP contribution in [0.4, 0.5) is 0 Å². The zero-order chi connectivity index (χ0) is 12.0. The molecule has 1 heterocycles. The number of nitrogens with zero attached hydrogens (tertiary/aromatic N) is 1. The normalized spacial score (nSPS) is 12.0. The minimum absolute atomic E-state index is 0.0550. The van der Waals surface area contributed by atoms with Crippen LogP contribution in [-0.4, -0.2) is 23.2 Å². The molecule has 0 amide bonds. The number of thiazole rings is 1. The third-order valence-corrected chi connectivity index (χ3v) is 3.54. The summed E-state index contributed by atoms with van der Waals surface area (Å²) in [6, 6.07) is 0. The fraction of sp³-hybridized carbons (Fsp3) is 0.750. The molecule has 0 fully saturated rings. The zero-order valence-electron chi connectivity index (χ0n) is 10.4. The van der Waals surface area contributed by atoms with Gasteiger partial charge in [-0.25, -0.2) is 4.98 Å². The number of hydrogen-bond acceptors (Lipinski definition) is 4. The quantitative estimate of drug-likeness (QED) is 0.721. The van der Waals surface area contributed by atoms with E-state index in [1.165, 1.54) is 0 Å². The SMILES string of the molecule is Cc1csc(CNCCCC(C)(C)CO)n1. The van der Waals surface area contributed by atoms with Crippen molar-refractivity contribution in [1.29, 1.82) is 0 Å². The van der Waals surface area contributed by atoms with Crippen LogP contribution in [0.3, 0.4) is 0 Å². The average Bonchev–Trinajstić information content (AvgIpc) is 2.64. The molecular formula is C12H22N2OS. The zero-order valence-corrected chi connectivity index (χ0v) is 11.2. The van der Waals surface area contributed by atoms with E-state index in [0.717, 1.165) is 36.6 Å². The summed E-state index contributed by atoms with van der Waals surface area (Å²) >= 11 is 1.70. The van der Waals surface area contributed by atoms with Crippen LogP contribution in [0, 0.1) is 12.3 Å². The van der Waals surface area contributed by atoms with E-state index >= 15 is 0 Å². The Hall–Kier alpha value is -0.450. The van der Waals surface area contributed by atoms with Gasteiger partial charge in [0, 0.05) is 24.2 Å². The molecule has 0 saturated heterocycles. The van der Waals surface area contributed by atoms with Crippen LogP contribution < -0.4 is 5.32 Å². The molecule has 0 saturated carbocycles. The fourth-order valence-electron chi connectivity index (χ4n) is 1.45. The molecule has 3 nitrogen and oxygen atoms in total. The van der Waals surface area contributed by atoms with Gasteiger partial charge in [-0.15, -0.1) is 11.3 Å². The first-order valence-electron chi connectivity index (χ1n) is 5.76. The van der Waals surface area contributed by atoms with Crippen LogP contribution in [0.5, 0.6) is 0 Å². The Morgan fingerprint density at radius 1 is 1.50 bits per heavy atom. The van der Waals surface area contributed by atoms with E-state index in [1.807, 2.05) is 6.92 Å². The Labute approximate surface area is 102 Å². The first kappa shape index (κ1) is 13.6. The molecule has 0 atom stereocenters. The van der Waals surface area contributed by atoms with E-state index in [2.05, 4.69) is 29.5 Å². The summed E-state index contributed by atoms with van der Waals surface area (Å²) in [7, 11) is 0. The van der Waals surface area contributed by atoms with Gasteiger partial charge in [-0.2, -0.15) is 0 Å². The Morgan fingerprint density at radius 3 is 2.81 bits per heavy atom. The highest BCUT2D eigenvalue weighted by Gasteiger charge is 2.15. The van der Waals surface area contributed by atoms with Crippen LogP contribution in [0.15, 0.2) is 5.38 Å². The molecule has 1 aromatic rings. The minimum Gasteiger partial charge on any atom is -0.396 e. The highest BCUT2D eigenvalue weighted by Crippen LogP contribution is 2.20. The maximum Gasteiger partial charge on any atom is 0.107 e. The standard InChI is InChI=1S/C12H22N2OS/c1-10-8-16-11(14-10)7-13-6-4-5-12(2,3)9-15/h8,13,15H,4-7,9H2,1-3H3. The second-order valence-corrected chi connectivity index (χ2v) is 5.93. The second kappa shape index (κ2) is 6.33. The lowest BCUT2D eigenvalue weighted by Gasteiger charge is -2.21. The number of aryl methyl sites for hydroxylation is 1. The Kier molecular flexibility index (Phi) is 5.38. The average molecular weight is 242 g/mol. The molecular weight excluding hydrogens is 220 g/mol. The highest BCUT2D eigenvalue weighted by molar-refractivity contribution is 7.09. The predicted molar refractivity (Wildman–Crippen MR) is 68.7 cm³/mol. The van der Waals surface area contributed by atoms with Crippen molar-refractivity contribution < 1.29 is 5.11 Å². The van der Waals surface area contributed by atoms with Crippen molar-refractivity contribution >= 4 is 11.3 Å². The molecule has 0 aliphatic rings. The van der Waals surface area contributed by atoms with Gasteiger partial charge in [0.25, 0.3) is 0 Å². The summed E-state index contributed by atoms with van der Waals surface area (Å²) in [5.41, 5.74) is 1.16. The molecule has 0 unspecified atom stereocenters. The lowest BCUT2D eigenvalue weighted by atomic mass is 9.89. The summed E-state index contributed by atoms with van der Waals surface area (Å²) < 4.78 is 0. The summed E-state index contributed by atoms with van der Waals surface area (Å²) in [5.74, 6) is 0. The molecule has 1 rings (SSSR count). The number of nitrogens with one attached hydrogen (secondary N) is 1. The fourth-order valence-corrected chi connectivity index (χ4v) is 2.19. The smallest absolute Gasteiger partial charge is 0.107 e. The van der Waals surface area contributed by atoms with Gasteiger partial charge in [0.1, 0.15) is 5.01 Å². The summed E-state index contributed by atoms with van der Waals surface area (Å²) in [6.07, 6.45) is 2.14. The Balaban J connectivity index is 2.08. The van der Waals surface area contributed by atoms with Gasteiger partial charge in [-0.1, -0.05) is 13.8 Å². The van der Waals surface area contributed by atoms with Gasteiger partial charge in [0.05, 0.1) is 0 Å². The molecule has 0 aliphatic carbocycles. The van der Waals surface area contributed by atoms with Crippen LogP contribution in [-0.2, 0) is 6.54 Å². The maximum absolute atomic E-state index is 9.10. The van der Waals surface area contributed by atoms with Crippen molar-refractivity contribution in [2.45, 2.75) is 40.2 Å². The molecule has 1 aromatic heterocycles. The minimum atomic E-state index is 0.0550. The number of aromatic nitrogens is 1. The van der Waals surface area contributed by atoms with Crippen molar-refractivity contribution in [3.63, 3.8) is 0 Å². The molecule has 16 heavy (non-hydrogen) atoms. The Morgan fingerprint density at radius 2 is 2.25 bits per heavy atom. The highest BCUT2D eigenvalue weighted by atomic mass is 32.1. The van der Waals surface area contributed by atoms with Gasteiger partial charge in [-0.05, 0) is 31.7 Å². The van der Waals surface area contributed by atoms with E-state index in [-0.39, 0.29) is 12.0 Å². The molecule has 2 N–H and O–H groups in total. The van der Waals surface area contributed by atoms with Gasteiger partial charge >= 0.3 is 0 Å². The van der Waals surface area contributed by atoms with E-state index < -0.39 is 0 Å². The van der Waals surface area contributed by atoms with Crippen LogP contribution in [0.2, 0.25) is 0 Å². The van der Waals surface area contributed by atoms with Crippen molar-refractivity contribution in [2.24, 2.45) is 5.41 Å². The van der Waals surface area contributed by atoms with Crippen molar-refractivity contribution in [1.82, 2.24) is 10.3 Å². The number of aliphatic hydroxyl groups excluding tert-OH is 1. The lowest BCUT2D eigenvalue weighted by molar-refractivity contribution is 0.148. The molecule has 0 spiro atoms. The summed E-state index contributed by atoms with van der Waals surface area (Å²) in [6.45, 7) is 8.32. The van der Waals surface area contributed by atoms with Crippen LogP contribution in [0.1, 0.15) is 37.4 Å². The number of aliphatic hydroxyl groups is 1. The predicted octanol–water partition coefficient (Wildman–Crippen LogP) is 2.34. The van der Waals surface area contributed by atoms with Crippen LogP contribution in [0.25, 0.3) is 0 Å². The lowest BCUT2D eigenvalue weighted by Crippen LogP contribution is -2.20. The van der Waals surface area contributed by atoms with E-state index in [4.69, 9.17) is 5.11 Å². The summed E-state index contributed by atoms with van der Waals surface area (Å²) in [5, 5.41) is 15.7. The molecule has 0 bridgehead atoms. The molecule has 92 valence electrons. The van der Waals surface area contributed by atoms with Crippen molar-refractivity contribution in [3.8, 4) is 0 Å². The molecule has 0 radical (unpaired) electrons. The first-order chi connectivity index (χ1) is 7.53. The molecule has 0 aliphatic heterocycles. The molecule has 0 aromatic carbocycles. The first-order valence-corrected chi connectivity index (χ1v) is 6.64. The number of hydrogen-bond donors (Lipinski definition) is 2. The van der Waals surface area contributed by atoms with Gasteiger partial charge in [0.2, 0.25) is 0 Å². The van der Waals surface area contributed by atoms with Gasteiger partial charge in [-0.3, -0.25) is 0 Å². The van der Waals surface area contributed by atoms with E-state index in [0.29, 0.717) is 0 Å². The third kappa shape index (κ3) is 5.05. The van der Waals surface area contributed by atoms with Gasteiger partial charge in [0.15, 0.2) is 0 Å². The largest absolute Gasteiger partial charge is 0.396 e. The molecule has 4 heteroatoms. The topological polar surface area (TPSA) is 45.1 Å². The summed E-state index contributed by atoms with van der Waals surface area (Å²) in [4.78, 5) is 4.39. The van der Waals surface area contributed by atoms with E-state index in [9.17, 15) is 0 Å². The van der Waals surface area contributed by atoms with Gasteiger partial charge < -0.3 is 10.4 Å².